The van der Waals surface area contributed by atoms with E-state index in [0.29, 0.717) is 63.0 Å². The van der Waals surface area contributed by atoms with Crippen molar-refractivity contribution in [2.75, 3.05) is 52.0 Å². The lowest BCUT2D eigenvalue weighted by atomic mass is 9.91. The number of H-pyrrole nitrogens is 1. The van der Waals surface area contributed by atoms with Crippen LogP contribution >= 0.6 is 11.6 Å². The van der Waals surface area contributed by atoms with Gasteiger partial charge in [0.15, 0.2) is 5.82 Å². The quantitative estimate of drug-likeness (QED) is 0.322. The molecule has 2 bridgehead atoms. The Morgan fingerprint density at radius 1 is 0.923 bits per heavy atom. The maximum Gasteiger partial charge on any atom is 0.418 e. The Labute approximate surface area is 305 Å². The molecule has 0 aliphatic carbocycles. The Balaban J connectivity index is 1.03. The lowest BCUT2D eigenvalue weighted by molar-refractivity contribution is -0.143. The molecule has 11 nitrogen and oxygen atoms in total. The highest BCUT2D eigenvalue weighted by Gasteiger charge is 2.42. The number of likely N-dealkylation sites (tertiary alicyclic amines) is 1. The van der Waals surface area contributed by atoms with E-state index in [2.05, 4.69) is 26.9 Å². The van der Waals surface area contributed by atoms with E-state index in [0.717, 1.165) is 37.6 Å². The average molecular weight is 743 g/mol. The number of piperazine rings is 1. The van der Waals surface area contributed by atoms with Gasteiger partial charge in [-0.2, -0.15) is 13.2 Å². The SMILES string of the molecule is CN1C2CCC1CC(N1CCN(C(=O)[C@H](CC(=O)N3CCC(n4nc(-c5ccccc5)[nH]c4=O)CC3)Cc3cc(Cl)c(N)c(C(F)(F)F)c3)CC1)C2. The van der Waals surface area contributed by atoms with Crippen LogP contribution in [0.5, 0.6) is 0 Å². The van der Waals surface area contributed by atoms with E-state index in [9.17, 15) is 27.6 Å². The van der Waals surface area contributed by atoms with Crippen molar-refractivity contribution in [2.45, 2.75) is 81.7 Å². The van der Waals surface area contributed by atoms with E-state index in [1.165, 1.54) is 23.6 Å². The summed E-state index contributed by atoms with van der Waals surface area (Å²) in [7, 11) is 2.22. The summed E-state index contributed by atoms with van der Waals surface area (Å²) in [6, 6.07) is 13.1. The monoisotopic (exact) mass is 742 g/mol. The number of carbonyl (C=O) groups is 2. The summed E-state index contributed by atoms with van der Waals surface area (Å²) in [5.41, 5.74) is 4.75. The van der Waals surface area contributed by atoms with Gasteiger partial charge in [-0.3, -0.25) is 19.5 Å². The molecule has 3 aromatic rings. The second-order valence-electron chi connectivity index (χ2n) is 14.9. The number of anilines is 1. The molecular formula is C37H46ClF3N8O3. The van der Waals surface area contributed by atoms with Gasteiger partial charge < -0.3 is 20.4 Å². The number of rotatable bonds is 8. The Morgan fingerprint density at radius 3 is 2.21 bits per heavy atom. The highest BCUT2D eigenvalue weighted by atomic mass is 35.5. The van der Waals surface area contributed by atoms with E-state index in [1.807, 2.05) is 30.3 Å². The second kappa shape index (κ2) is 14.9. The van der Waals surface area contributed by atoms with Crippen molar-refractivity contribution in [3.05, 3.63) is 69.1 Å². The van der Waals surface area contributed by atoms with Crippen LogP contribution in [0.3, 0.4) is 0 Å². The molecule has 280 valence electrons. The predicted octanol–water partition coefficient (Wildman–Crippen LogP) is 4.67. The van der Waals surface area contributed by atoms with Crippen LogP contribution in [0.15, 0.2) is 47.3 Å². The van der Waals surface area contributed by atoms with Gasteiger partial charge in [-0.15, -0.1) is 5.10 Å². The zero-order valence-electron chi connectivity index (χ0n) is 29.3. The molecule has 2 amide bonds. The number of nitrogen functional groups attached to an aromatic ring is 1. The summed E-state index contributed by atoms with van der Waals surface area (Å²) in [6.45, 7) is 3.14. The molecule has 15 heteroatoms. The first-order chi connectivity index (χ1) is 24.9. The van der Waals surface area contributed by atoms with Gasteiger partial charge in [0.2, 0.25) is 11.8 Å². The Kier molecular flexibility index (Phi) is 10.4. The van der Waals surface area contributed by atoms with E-state index >= 15 is 0 Å². The van der Waals surface area contributed by atoms with Gasteiger partial charge in [-0.1, -0.05) is 41.9 Å². The topological polar surface area (TPSA) is 124 Å². The number of hydrogen-bond acceptors (Lipinski definition) is 7. The zero-order chi connectivity index (χ0) is 36.7. The van der Waals surface area contributed by atoms with Crippen LogP contribution in [0, 0.1) is 5.92 Å². The van der Waals surface area contributed by atoms with Gasteiger partial charge in [-0.05, 0) is 69.7 Å². The van der Waals surface area contributed by atoms with Crippen LogP contribution < -0.4 is 11.4 Å². The standard InChI is InChI=1S/C37H46ClF3N8O3/c1-45-27-7-8-28(45)22-29(21-27)46-13-15-48(16-14-46)35(51)25(17-23-18-30(37(39,40)41)33(42)31(38)19-23)20-32(50)47-11-9-26(10-12-47)49-36(52)43-34(44-49)24-5-3-2-4-6-24/h2-6,18-19,25-29H,7-17,20-22,42H2,1H3,(H,43,44,52)/t25-,27?,28?,29?/m0/s1. The minimum absolute atomic E-state index is 0.0897. The minimum atomic E-state index is -4.73. The molecule has 1 aromatic heterocycles. The van der Waals surface area contributed by atoms with Gasteiger partial charge >= 0.3 is 11.9 Å². The van der Waals surface area contributed by atoms with Gasteiger partial charge in [0.25, 0.3) is 0 Å². The summed E-state index contributed by atoms with van der Waals surface area (Å²) < 4.78 is 43.0. The summed E-state index contributed by atoms with van der Waals surface area (Å²) in [4.78, 5) is 52.0. The lowest BCUT2D eigenvalue weighted by Crippen LogP contribution is -2.56. The first-order valence-corrected chi connectivity index (χ1v) is 18.7. The molecule has 3 N–H and O–H groups in total. The first kappa shape index (κ1) is 36.5. The zero-order valence-corrected chi connectivity index (χ0v) is 30.1. The molecule has 0 radical (unpaired) electrons. The fraction of sp³-hybridized carbons (Fsp3) is 0.568. The Bertz CT molecular complexity index is 1800. The third-order valence-corrected chi connectivity index (χ3v) is 12.1. The number of amides is 2. The fourth-order valence-electron chi connectivity index (χ4n) is 8.81. The maximum atomic E-state index is 14.2. The van der Waals surface area contributed by atoms with Crippen molar-refractivity contribution in [2.24, 2.45) is 5.92 Å². The second-order valence-corrected chi connectivity index (χ2v) is 15.3. The van der Waals surface area contributed by atoms with Gasteiger partial charge in [0.05, 0.1) is 28.2 Å². The predicted molar refractivity (Wildman–Crippen MR) is 192 cm³/mol. The number of carbonyl (C=O) groups excluding carboxylic acids is 2. The summed E-state index contributed by atoms with van der Waals surface area (Å²) in [5, 5.41) is 4.28. The molecule has 2 unspecified atom stereocenters. The number of alkyl halides is 3. The molecule has 52 heavy (non-hydrogen) atoms. The number of aromatic amines is 1. The third kappa shape index (κ3) is 7.60. The number of piperidine rings is 2. The van der Waals surface area contributed by atoms with Crippen LogP contribution in [0.25, 0.3) is 11.4 Å². The van der Waals surface area contributed by atoms with Crippen LogP contribution in [0.2, 0.25) is 5.02 Å². The van der Waals surface area contributed by atoms with Gasteiger partial charge in [0.1, 0.15) is 0 Å². The van der Waals surface area contributed by atoms with Crippen molar-refractivity contribution in [1.29, 1.82) is 0 Å². The number of nitrogens with two attached hydrogens (primary N) is 1. The molecule has 4 saturated heterocycles. The van der Waals surface area contributed by atoms with E-state index in [4.69, 9.17) is 17.3 Å². The van der Waals surface area contributed by atoms with Crippen molar-refractivity contribution >= 4 is 29.1 Å². The molecule has 4 aliphatic rings. The molecule has 2 aromatic carbocycles. The number of benzene rings is 2. The molecule has 0 spiro atoms. The molecule has 7 rings (SSSR count). The third-order valence-electron chi connectivity index (χ3n) is 11.8. The fourth-order valence-corrected chi connectivity index (χ4v) is 9.06. The number of hydrogen-bond donors (Lipinski definition) is 2. The minimum Gasteiger partial charge on any atom is -0.397 e. The van der Waals surface area contributed by atoms with Crippen molar-refractivity contribution in [1.82, 2.24) is 34.4 Å². The van der Waals surface area contributed by atoms with Crippen LogP contribution in [0.4, 0.5) is 18.9 Å². The maximum absolute atomic E-state index is 14.2. The number of nitrogens with zero attached hydrogens (tertiary/aromatic N) is 6. The van der Waals surface area contributed by atoms with Crippen molar-refractivity contribution in [3.8, 4) is 11.4 Å². The average Bonchev–Trinajstić information content (AvgIpc) is 3.60. The van der Waals surface area contributed by atoms with Crippen molar-refractivity contribution < 1.29 is 22.8 Å². The summed E-state index contributed by atoms with van der Waals surface area (Å²) in [5.74, 6) is -0.918. The molecule has 4 aliphatic heterocycles. The molecular weight excluding hydrogens is 697 g/mol. The Morgan fingerprint density at radius 2 is 1.58 bits per heavy atom. The number of fused-ring (bicyclic) bond motifs is 2. The molecule has 3 atom stereocenters. The van der Waals surface area contributed by atoms with E-state index in [1.54, 1.807) is 9.80 Å². The van der Waals surface area contributed by atoms with E-state index < -0.39 is 23.3 Å². The first-order valence-electron chi connectivity index (χ1n) is 18.3. The summed E-state index contributed by atoms with van der Waals surface area (Å²) >= 11 is 6.16. The lowest BCUT2D eigenvalue weighted by Gasteiger charge is -2.45. The molecule has 5 heterocycles. The van der Waals surface area contributed by atoms with E-state index in [-0.39, 0.29) is 47.0 Å². The van der Waals surface area contributed by atoms with Gasteiger partial charge in [0, 0.05) is 69.4 Å². The smallest absolute Gasteiger partial charge is 0.397 e. The molecule has 0 saturated carbocycles. The van der Waals surface area contributed by atoms with Crippen LogP contribution in [-0.2, 0) is 22.2 Å². The van der Waals surface area contributed by atoms with Crippen LogP contribution in [-0.4, -0.2) is 111 Å². The highest BCUT2D eigenvalue weighted by molar-refractivity contribution is 6.33. The number of aromatic nitrogens is 3. The number of nitrogens with one attached hydrogen (secondary N) is 1. The highest BCUT2D eigenvalue weighted by Crippen LogP contribution is 2.39. The van der Waals surface area contributed by atoms with Gasteiger partial charge in [-0.25, -0.2) is 9.48 Å². The molecule has 4 fully saturated rings. The Hall–Kier alpha value is -3.88. The number of halogens is 4. The van der Waals surface area contributed by atoms with Crippen LogP contribution in [0.1, 0.15) is 62.1 Å². The largest absolute Gasteiger partial charge is 0.418 e. The van der Waals surface area contributed by atoms with Crippen molar-refractivity contribution in [3.63, 3.8) is 0 Å². The normalized spacial score (nSPS) is 24.0. The summed E-state index contributed by atoms with van der Waals surface area (Å²) in [6.07, 6.45) is 0.703.